The number of ether oxygens (including phenoxy) is 1. The summed E-state index contributed by atoms with van der Waals surface area (Å²) >= 11 is 12.5. The van der Waals surface area contributed by atoms with E-state index in [9.17, 15) is 4.79 Å². The topological polar surface area (TPSA) is 64.1 Å². The fourth-order valence-electron chi connectivity index (χ4n) is 1.22. The smallest absolute Gasteiger partial charge is 0.241 e. The summed E-state index contributed by atoms with van der Waals surface area (Å²) in [5, 5.41) is 11.8. The Kier molecular flexibility index (Phi) is 4.95. The van der Waals surface area contributed by atoms with Crippen LogP contribution in [0.5, 0.6) is 5.75 Å². The summed E-state index contributed by atoms with van der Waals surface area (Å²) in [6, 6.07) is 7.15. The summed E-state index contributed by atoms with van der Waals surface area (Å²) in [5.41, 5.74) is 0. The van der Waals surface area contributed by atoms with Gasteiger partial charge in [-0.1, -0.05) is 35.1 Å². The number of carbonyl (C=O) groups excluding carboxylic acids is 1. The number of hydrogen-bond donors (Lipinski definition) is 1. The average Bonchev–Trinajstić information content (AvgIpc) is 2.85. The Morgan fingerprint density at radius 2 is 2.16 bits per heavy atom. The lowest BCUT2D eigenvalue weighted by Crippen LogP contribution is -2.12. The number of rotatable bonds is 5. The van der Waals surface area contributed by atoms with Crippen molar-refractivity contribution in [3.05, 3.63) is 34.3 Å². The molecule has 1 amide bonds. The molecule has 8 heteroatoms. The van der Waals surface area contributed by atoms with Crippen molar-refractivity contribution in [3.8, 4) is 5.75 Å². The molecule has 0 saturated heterocycles. The molecule has 5 nitrogen and oxygen atoms in total. The molecule has 0 aliphatic carbocycles. The number of alkyl halides is 1. The van der Waals surface area contributed by atoms with E-state index in [0.29, 0.717) is 20.9 Å². The fourth-order valence-corrected chi connectivity index (χ4v) is 2.14. The summed E-state index contributed by atoms with van der Waals surface area (Å²) in [6.45, 7) is 0.234. The maximum atomic E-state index is 11.1. The van der Waals surface area contributed by atoms with Crippen molar-refractivity contribution < 1.29 is 9.53 Å². The van der Waals surface area contributed by atoms with Gasteiger partial charge in [0.15, 0.2) is 5.01 Å². The van der Waals surface area contributed by atoms with Crippen LogP contribution in [0.3, 0.4) is 0 Å². The number of nitrogens with zero attached hydrogens (tertiary/aromatic N) is 2. The van der Waals surface area contributed by atoms with Crippen molar-refractivity contribution in [1.82, 2.24) is 10.2 Å². The predicted molar refractivity (Wildman–Crippen MR) is 75.0 cm³/mol. The van der Waals surface area contributed by atoms with Gasteiger partial charge in [-0.3, -0.25) is 10.1 Å². The van der Waals surface area contributed by atoms with Crippen LogP contribution < -0.4 is 10.1 Å². The van der Waals surface area contributed by atoms with Crippen LogP contribution in [0.25, 0.3) is 0 Å². The molecule has 0 fully saturated rings. The maximum Gasteiger partial charge on any atom is 0.241 e. The molecule has 0 saturated carbocycles. The molecule has 0 atom stereocenters. The molecule has 0 aliphatic heterocycles. The third kappa shape index (κ3) is 4.05. The van der Waals surface area contributed by atoms with Gasteiger partial charge in [-0.15, -0.1) is 21.8 Å². The largest absolute Gasteiger partial charge is 0.485 e. The van der Waals surface area contributed by atoms with Crippen LogP contribution >= 0.6 is 34.5 Å². The van der Waals surface area contributed by atoms with Crippen molar-refractivity contribution in [2.75, 3.05) is 11.2 Å². The summed E-state index contributed by atoms with van der Waals surface area (Å²) in [5.74, 6) is 0.132. The summed E-state index contributed by atoms with van der Waals surface area (Å²) in [4.78, 5) is 11.1. The highest BCUT2D eigenvalue weighted by Crippen LogP contribution is 2.25. The Balaban J connectivity index is 1.94. The molecule has 1 aromatic heterocycles. The number of amides is 1. The van der Waals surface area contributed by atoms with Gasteiger partial charge in [-0.2, -0.15) is 0 Å². The van der Waals surface area contributed by atoms with Gasteiger partial charge in [0.1, 0.15) is 18.2 Å². The van der Waals surface area contributed by atoms with Crippen molar-refractivity contribution in [2.45, 2.75) is 6.61 Å². The zero-order chi connectivity index (χ0) is 13.7. The quantitative estimate of drug-likeness (QED) is 0.861. The lowest BCUT2D eigenvalue weighted by molar-refractivity contribution is -0.113. The summed E-state index contributed by atoms with van der Waals surface area (Å²) in [7, 11) is 0. The number of benzene rings is 1. The van der Waals surface area contributed by atoms with E-state index in [-0.39, 0.29) is 18.4 Å². The van der Waals surface area contributed by atoms with E-state index in [1.165, 1.54) is 11.3 Å². The Morgan fingerprint density at radius 1 is 1.37 bits per heavy atom. The van der Waals surface area contributed by atoms with Gasteiger partial charge in [-0.25, -0.2) is 0 Å². The monoisotopic (exact) mass is 317 g/mol. The second-order valence-corrected chi connectivity index (χ2v) is 5.14. The molecule has 2 rings (SSSR count). The fraction of sp³-hybridized carbons (Fsp3) is 0.182. The highest BCUT2D eigenvalue weighted by Gasteiger charge is 2.08. The zero-order valence-corrected chi connectivity index (χ0v) is 11.9. The third-order valence-corrected chi connectivity index (χ3v) is 3.39. The van der Waals surface area contributed by atoms with Gasteiger partial charge < -0.3 is 4.74 Å². The van der Waals surface area contributed by atoms with E-state index < -0.39 is 0 Å². The number of carbonyl (C=O) groups is 1. The Bertz CT molecular complexity index is 577. The number of hydrogen-bond acceptors (Lipinski definition) is 5. The van der Waals surface area contributed by atoms with Crippen molar-refractivity contribution in [1.29, 1.82) is 0 Å². The van der Waals surface area contributed by atoms with Crippen LogP contribution in [-0.2, 0) is 11.4 Å². The van der Waals surface area contributed by atoms with Crippen molar-refractivity contribution >= 4 is 45.6 Å². The van der Waals surface area contributed by atoms with E-state index in [2.05, 4.69) is 15.5 Å². The lowest BCUT2D eigenvalue weighted by atomic mass is 10.3. The Labute approximate surface area is 123 Å². The van der Waals surface area contributed by atoms with Gasteiger partial charge in [0.25, 0.3) is 0 Å². The van der Waals surface area contributed by atoms with Crippen molar-refractivity contribution in [2.24, 2.45) is 0 Å². The number of nitrogens with one attached hydrogen (secondary N) is 1. The maximum absolute atomic E-state index is 11.1. The molecule has 1 aromatic carbocycles. The molecule has 0 spiro atoms. The van der Waals surface area contributed by atoms with E-state index in [1.807, 2.05) is 12.1 Å². The molecular weight excluding hydrogens is 309 g/mol. The Morgan fingerprint density at radius 3 is 2.89 bits per heavy atom. The molecule has 19 heavy (non-hydrogen) atoms. The van der Waals surface area contributed by atoms with Crippen LogP contribution in [0.2, 0.25) is 5.02 Å². The molecule has 2 aromatic rings. The van der Waals surface area contributed by atoms with Crippen LogP contribution in [0.1, 0.15) is 5.01 Å². The predicted octanol–water partition coefficient (Wildman–Crippen LogP) is 2.95. The van der Waals surface area contributed by atoms with Crippen LogP contribution in [0.4, 0.5) is 5.13 Å². The molecule has 0 aliphatic rings. The molecule has 100 valence electrons. The van der Waals surface area contributed by atoms with Crippen LogP contribution in [0.15, 0.2) is 24.3 Å². The standard InChI is InChI=1S/C11H9Cl2N3O2S/c12-5-9(17)14-11-16-15-10(19-11)6-18-8-4-2-1-3-7(8)13/h1-4H,5-6H2,(H,14,16,17). The van der Waals surface area contributed by atoms with E-state index in [1.54, 1.807) is 12.1 Å². The molecule has 0 radical (unpaired) electrons. The van der Waals surface area contributed by atoms with Crippen molar-refractivity contribution in [3.63, 3.8) is 0 Å². The first-order valence-corrected chi connectivity index (χ1v) is 6.97. The average molecular weight is 318 g/mol. The molecule has 1 heterocycles. The first-order valence-electron chi connectivity index (χ1n) is 5.24. The van der Waals surface area contributed by atoms with E-state index in [4.69, 9.17) is 27.9 Å². The normalized spacial score (nSPS) is 10.2. The third-order valence-electron chi connectivity index (χ3n) is 2.02. The minimum Gasteiger partial charge on any atom is -0.485 e. The van der Waals surface area contributed by atoms with Crippen LogP contribution in [-0.4, -0.2) is 22.0 Å². The van der Waals surface area contributed by atoms with E-state index >= 15 is 0 Å². The second-order valence-electron chi connectivity index (χ2n) is 3.40. The highest BCUT2D eigenvalue weighted by molar-refractivity contribution is 7.15. The van der Waals surface area contributed by atoms with E-state index in [0.717, 1.165) is 0 Å². The number of halogens is 2. The number of para-hydroxylation sites is 1. The van der Waals surface area contributed by atoms with Gasteiger partial charge in [0.2, 0.25) is 11.0 Å². The lowest BCUT2D eigenvalue weighted by Gasteiger charge is -2.04. The van der Waals surface area contributed by atoms with Gasteiger partial charge in [0, 0.05) is 0 Å². The molecule has 0 unspecified atom stereocenters. The molecular formula is C11H9Cl2N3O2S. The van der Waals surface area contributed by atoms with Crippen LogP contribution in [0, 0.1) is 0 Å². The summed E-state index contributed by atoms with van der Waals surface area (Å²) < 4.78 is 5.50. The number of aromatic nitrogens is 2. The first-order chi connectivity index (χ1) is 9.19. The number of anilines is 1. The SMILES string of the molecule is O=C(CCl)Nc1nnc(COc2ccccc2Cl)s1. The minimum atomic E-state index is -0.323. The second kappa shape index (κ2) is 6.70. The molecule has 0 bridgehead atoms. The minimum absolute atomic E-state index is 0.120. The zero-order valence-electron chi connectivity index (χ0n) is 9.60. The summed E-state index contributed by atoms with van der Waals surface area (Å²) in [6.07, 6.45) is 0. The van der Waals surface area contributed by atoms with Gasteiger partial charge in [0.05, 0.1) is 5.02 Å². The molecule has 1 N–H and O–H groups in total. The Hall–Kier alpha value is -1.37. The van der Waals surface area contributed by atoms with Gasteiger partial charge in [-0.05, 0) is 12.1 Å². The highest BCUT2D eigenvalue weighted by atomic mass is 35.5. The first kappa shape index (κ1) is 14.0. The van der Waals surface area contributed by atoms with Gasteiger partial charge >= 0.3 is 0 Å².